The minimum atomic E-state index is -2.76. The number of nitrogens with two attached hydrogens (primary N) is 1. The molecule has 3 N–H and O–H groups in total. The van der Waals surface area contributed by atoms with Gasteiger partial charge in [0.15, 0.2) is 6.29 Å². The number of hydrogen-bond donors (Lipinski definition) is 2. The van der Waals surface area contributed by atoms with Crippen LogP contribution in [-0.2, 0) is 89.7 Å². The molecule has 2 aliphatic heterocycles. The van der Waals surface area contributed by atoms with E-state index in [9.17, 15) is 46.3 Å². The van der Waals surface area contributed by atoms with Crippen molar-refractivity contribution in [2.45, 2.75) is 209 Å². The molecule has 0 aromatic carbocycles. The molecule has 0 unspecified atom stereocenters. The summed E-state index contributed by atoms with van der Waals surface area (Å²) in [4.78, 5) is 74.6. The first kappa shape index (κ1) is 82.6. The second kappa shape index (κ2) is 39.2. The van der Waals surface area contributed by atoms with Gasteiger partial charge in [0.2, 0.25) is 5.97 Å². The third kappa shape index (κ3) is 29.8. The number of nitrogens with zero attached hydrogens (tertiary/aromatic N) is 6. The summed E-state index contributed by atoms with van der Waals surface area (Å²) in [5.41, 5.74) is 8.41. The maximum absolute atomic E-state index is 14.3. The normalized spacial score (nSPS) is 16.9. The summed E-state index contributed by atoms with van der Waals surface area (Å²) >= 11 is 0. The Hall–Kier alpha value is -4.42. The summed E-state index contributed by atoms with van der Waals surface area (Å²) < 4.78 is 96.1. The standard InChI is InChI=1S/C27H46F2N4O4.C19H28F2N2O3.C8H18N2O2.C4H6O4.C2H3BO2.Na/c1-7-35-18-26(19-36-8-2)11-9-20(10-12-26)23-21(31-33-17-27(28,29)15-22(23)33)16-30-13-14-32(6)24(34)37-25(3,4)5;1-3-25-12-18(13-26-4-2)7-5-14(6-8-18)17-15(10-24)22-23-11-19(20,21)9-16(17)23;1-8(2,3)12-7(11)10(4)6-5-9;1-3(5)7-8-4(2)6;1-2(4)5-3;/h20,30H,7-19H2,1-6H3;10,14H,3-9,11-13H2,1-2H3;5-6,9H2,1-4H3;1-2H3;1H3;/q;;;;-1;+1. The van der Waals surface area contributed by atoms with Crippen molar-refractivity contribution >= 4 is 44.4 Å². The molecule has 6 rings (SSSR count). The zero-order valence-electron chi connectivity index (χ0n) is 55.9. The van der Waals surface area contributed by atoms with Gasteiger partial charge in [-0.15, -0.1) is 0 Å². The van der Waals surface area contributed by atoms with Crippen molar-refractivity contribution in [2.24, 2.45) is 16.6 Å². The predicted octanol–water partition coefficient (Wildman–Crippen LogP) is 5.83. The molecule has 3 radical (unpaired) electrons. The number of rotatable bonds is 22. The number of aldehydes is 1. The van der Waals surface area contributed by atoms with Crippen LogP contribution < -0.4 is 40.6 Å². The third-order valence-electron chi connectivity index (χ3n) is 14.6. The number of amides is 2. The number of likely N-dealkylation sites (N-methyl/N-ethyl adjacent to an activating group) is 2. The van der Waals surface area contributed by atoms with Gasteiger partial charge in [0.05, 0.1) is 45.0 Å². The fourth-order valence-electron chi connectivity index (χ4n) is 10.5. The number of ether oxygens (including phenoxy) is 6. The average molecular weight is 1280 g/mol. The molecule has 2 aromatic heterocycles. The Labute approximate surface area is 547 Å². The first-order chi connectivity index (χ1) is 41.1. The van der Waals surface area contributed by atoms with Gasteiger partial charge in [-0.25, -0.2) is 46.5 Å². The van der Waals surface area contributed by atoms with Crippen LogP contribution in [0.2, 0.25) is 0 Å². The van der Waals surface area contributed by atoms with Gasteiger partial charge in [0.25, 0.3) is 11.8 Å². The number of carbonyl (C=O) groups is 6. The molecule has 4 aliphatic rings. The summed E-state index contributed by atoms with van der Waals surface area (Å²) in [7, 11) is 7.69. The number of aromatic nitrogens is 4. The number of fused-ring (bicyclic) bond motifs is 2. The zero-order valence-corrected chi connectivity index (χ0v) is 57.9. The molecule has 4 heterocycles. The van der Waals surface area contributed by atoms with Gasteiger partial charge in [-0.3, -0.25) is 19.0 Å². The van der Waals surface area contributed by atoms with Crippen LogP contribution in [0, 0.1) is 10.8 Å². The van der Waals surface area contributed by atoms with Crippen LogP contribution in [0.3, 0.4) is 0 Å². The molecule has 2 aliphatic carbocycles. The van der Waals surface area contributed by atoms with Gasteiger partial charge >= 0.3 is 53.7 Å². The first-order valence-electron chi connectivity index (χ1n) is 30.3. The van der Waals surface area contributed by atoms with Gasteiger partial charge < -0.3 is 62.0 Å². The van der Waals surface area contributed by atoms with Crippen LogP contribution in [0.5, 0.6) is 0 Å². The topological polar surface area (TPSA) is 266 Å². The number of alkyl halides is 4. The minimum absolute atomic E-state index is 0. The summed E-state index contributed by atoms with van der Waals surface area (Å²) in [6, 6.07) is 0. The molecule has 2 saturated carbocycles. The summed E-state index contributed by atoms with van der Waals surface area (Å²) in [6.07, 6.45) is 6.59. The number of hydrogen-bond acceptors (Lipinski definition) is 19. The number of carbonyl (C=O) groups excluding carboxylic acids is 6. The maximum Gasteiger partial charge on any atom is 1.00 e. The SMILES string of the molecule is CC(=O)OOC(C)=O.CCOCC1(COCC)CCC(c2c(C=O)nn3c2CC(F)(F)C3)CC1.CCOCC1(COCC)CCC(c2c(CNCCN(C)C(=O)OC(C)(C)C)nn3c2CC(F)(F)C3)CC1.CN(CCN)C(=O)OC(C)(C)C.[B-]OC(C)=O.[Na+]. The second-order valence-electron chi connectivity index (χ2n) is 24.7. The Morgan fingerprint density at radius 3 is 1.34 bits per heavy atom. The first-order valence-corrected chi connectivity index (χ1v) is 30.3. The monoisotopic (exact) mass is 1280 g/mol. The van der Waals surface area contributed by atoms with Crippen LogP contribution in [0.1, 0.15) is 192 Å². The van der Waals surface area contributed by atoms with E-state index in [0.717, 1.165) is 82.0 Å². The Morgan fingerprint density at radius 2 is 1.00 bits per heavy atom. The van der Waals surface area contributed by atoms with E-state index in [0.29, 0.717) is 109 Å². The number of nitrogens with one attached hydrogen (secondary N) is 1. The van der Waals surface area contributed by atoms with E-state index < -0.39 is 47.5 Å². The molecular formula is C60H101BF4N8NaO15. The Morgan fingerprint density at radius 1 is 0.640 bits per heavy atom. The van der Waals surface area contributed by atoms with Crippen molar-refractivity contribution < 1.29 is 119 Å². The molecular weight excluding hydrogens is 1180 g/mol. The van der Waals surface area contributed by atoms with E-state index in [-0.39, 0.29) is 83.8 Å². The van der Waals surface area contributed by atoms with E-state index in [4.69, 9.17) is 34.2 Å². The molecule has 2 fully saturated rings. The summed E-state index contributed by atoms with van der Waals surface area (Å²) in [5, 5.41) is 12.1. The third-order valence-corrected chi connectivity index (χ3v) is 14.6. The molecule has 0 atom stereocenters. The summed E-state index contributed by atoms with van der Waals surface area (Å²) in [5.74, 6) is -6.97. The Balaban J connectivity index is 0.000000655. The molecule has 2 amide bonds. The van der Waals surface area contributed by atoms with Gasteiger partial charge in [0.1, 0.15) is 30.0 Å². The minimum Gasteiger partial charge on any atom is -0.793 e. The molecule has 2 aromatic rings. The maximum atomic E-state index is 14.3. The van der Waals surface area contributed by atoms with E-state index in [1.165, 1.54) is 26.1 Å². The molecule has 29 heteroatoms. The van der Waals surface area contributed by atoms with E-state index in [2.05, 4.69) is 38.0 Å². The van der Waals surface area contributed by atoms with Crippen LogP contribution in [0.15, 0.2) is 0 Å². The Bertz CT molecular complexity index is 2450. The van der Waals surface area contributed by atoms with Gasteiger partial charge in [-0.1, -0.05) is 0 Å². The predicted molar refractivity (Wildman–Crippen MR) is 320 cm³/mol. The van der Waals surface area contributed by atoms with Gasteiger partial charge in [-0.05, 0) is 132 Å². The van der Waals surface area contributed by atoms with Crippen molar-refractivity contribution in [3.63, 3.8) is 0 Å². The van der Waals surface area contributed by atoms with Crippen LogP contribution in [0.4, 0.5) is 27.2 Å². The molecule has 0 spiro atoms. The zero-order chi connectivity index (χ0) is 66.7. The van der Waals surface area contributed by atoms with Crippen LogP contribution in [-0.4, -0.2) is 190 Å². The van der Waals surface area contributed by atoms with Crippen LogP contribution in [0.25, 0.3) is 0 Å². The molecule has 89 heavy (non-hydrogen) atoms. The second-order valence-corrected chi connectivity index (χ2v) is 24.7. The largest absolute Gasteiger partial charge is 1.00 e. The average Bonchev–Trinajstić information content (AvgIpc) is 1.74. The van der Waals surface area contributed by atoms with E-state index in [1.807, 2.05) is 69.2 Å². The Kier molecular flexibility index (Phi) is 36.4. The quantitative estimate of drug-likeness (QED) is 0.0351. The summed E-state index contributed by atoms with van der Waals surface area (Å²) in [6.45, 7) is 29.5. The molecule has 23 nitrogen and oxygen atoms in total. The fourth-order valence-corrected chi connectivity index (χ4v) is 10.5. The van der Waals surface area contributed by atoms with Crippen molar-refractivity contribution in [3.05, 3.63) is 33.9 Å². The van der Waals surface area contributed by atoms with Crippen LogP contribution >= 0.6 is 0 Å². The smallest absolute Gasteiger partial charge is 0.793 e. The molecule has 0 saturated heterocycles. The molecule has 0 bridgehead atoms. The van der Waals surface area contributed by atoms with Crippen molar-refractivity contribution in [1.82, 2.24) is 34.7 Å². The van der Waals surface area contributed by atoms with Gasteiger partial charge in [-0.2, -0.15) is 10.2 Å². The fraction of sp³-hybridized carbons (Fsp3) is 0.800. The van der Waals surface area contributed by atoms with Crippen molar-refractivity contribution in [3.8, 4) is 0 Å². The van der Waals surface area contributed by atoms with E-state index >= 15 is 0 Å². The number of halogens is 4. The van der Waals surface area contributed by atoms with E-state index in [1.54, 1.807) is 14.1 Å². The molecule has 503 valence electrons. The van der Waals surface area contributed by atoms with Gasteiger partial charge in [0, 0.05) is 127 Å². The van der Waals surface area contributed by atoms with Crippen molar-refractivity contribution in [2.75, 3.05) is 93.1 Å². The van der Waals surface area contributed by atoms with Crippen molar-refractivity contribution in [1.29, 1.82) is 0 Å².